The van der Waals surface area contributed by atoms with Crippen LogP contribution in [0.5, 0.6) is 0 Å². The normalized spacial score (nSPS) is 10.7. The third kappa shape index (κ3) is 2.33. The second-order valence-corrected chi connectivity index (χ2v) is 4.65. The van der Waals surface area contributed by atoms with Crippen LogP contribution in [0.15, 0.2) is 27.5 Å². The maximum Gasteiger partial charge on any atom is 0.294 e. The second kappa shape index (κ2) is 4.11. The number of hydrogen-bond donors (Lipinski definition) is 0. The minimum atomic E-state index is -4.05. The molecule has 0 aliphatic carbocycles. The van der Waals surface area contributed by atoms with Gasteiger partial charge in [-0.1, -0.05) is 27.6 Å². The van der Waals surface area contributed by atoms with E-state index < -0.39 is 10.0 Å². The predicted octanol–water partition coefficient (Wildman–Crippen LogP) is 2.02. The minimum absolute atomic E-state index is 0.0866. The highest BCUT2D eigenvalue weighted by Crippen LogP contribution is 2.25. The zero-order valence-electron chi connectivity index (χ0n) is 6.57. The van der Waals surface area contributed by atoms with Gasteiger partial charge in [-0.2, -0.15) is 8.42 Å². The van der Waals surface area contributed by atoms with Gasteiger partial charge in [-0.3, -0.25) is 0 Å². The van der Waals surface area contributed by atoms with Gasteiger partial charge in [0, 0.05) is 5.02 Å². The first kappa shape index (κ1) is 11.2. The van der Waals surface area contributed by atoms with Gasteiger partial charge in [-0.05, 0) is 18.2 Å². The molecule has 0 aromatic heterocycles. The SMILES string of the molecule is O=C=NS(=O)(=O)c1ccc(Cl)cc1Cl. The largest absolute Gasteiger partial charge is 0.294 e. The van der Waals surface area contributed by atoms with Crippen molar-refractivity contribution in [3.8, 4) is 0 Å². The first-order valence-corrected chi connectivity index (χ1v) is 5.46. The number of rotatable bonds is 2. The molecule has 1 rings (SSSR count). The molecule has 4 nitrogen and oxygen atoms in total. The summed E-state index contributed by atoms with van der Waals surface area (Å²) >= 11 is 11.2. The van der Waals surface area contributed by atoms with Crippen molar-refractivity contribution in [1.29, 1.82) is 0 Å². The Morgan fingerprint density at radius 3 is 2.43 bits per heavy atom. The van der Waals surface area contributed by atoms with Gasteiger partial charge in [0.25, 0.3) is 16.1 Å². The Bertz CT molecular complexity index is 506. The highest BCUT2D eigenvalue weighted by Gasteiger charge is 2.16. The van der Waals surface area contributed by atoms with Crippen LogP contribution in [-0.4, -0.2) is 14.5 Å². The summed E-state index contributed by atoms with van der Waals surface area (Å²) in [6.07, 6.45) is 0.944. The van der Waals surface area contributed by atoms with E-state index in [1.807, 2.05) is 0 Å². The lowest BCUT2D eigenvalue weighted by Gasteiger charge is -1.99. The van der Waals surface area contributed by atoms with E-state index in [-0.39, 0.29) is 9.92 Å². The van der Waals surface area contributed by atoms with Gasteiger partial charge in [0.05, 0.1) is 5.02 Å². The lowest BCUT2D eigenvalue weighted by molar-refractivity contribution is 0.563. The summed E-state index contributed by atoms with van der Waals surface area (Å²) in [6, 6.07) is 3.75. The Balaban J connectivity index is 3.41. The van der Waals surface area contributed by atoms with Crippen LogP contribution in [0.3, 0.4) is 0 Å². The number of isocyanates is 1. The van der Waals surface area contributed by atoms with Gasteiger partial charge >= 0.3 is 0 Å². The van der Waals surface area contributed by atoms with Crippen molar-refractivity contribution in [3.63, 3.8) is 0 Å². The molecular weight excluding hydrogens is 249 g/mol. The van der Waals surface area contributed by atoms with Crippen molar-refractivity contribution in [2.75, 3.05) is 0 Å². The standard InChI is InChI=1S/C7H3Cl2NO3S/c8-5-1-2-7(6(9)3-5)14(12,13)10-4-11/h1-3H. The summed E-state index contributed by atoms with van der Waals surface area (Å²) in [5.41, 5.74) is 0. The maximum absolute atomic E-state index is 11.2. The molecule has 74 valence electrons. The van der Waals surface area contributed by atoms with Gasteiger partial charge in [-0.25, -0.2) is 4.79 Å². The van der Waals surface area contributed by atoms with E-state index >= 15 is 0 Å². The summed E-state index contributed by atoms with van der Waals surface area (Å²) in [5, 5.41) is 0.209. The number of halogens is 2. The first-order chi connectivity index (χ1) is 6.47. The Morgan fingerprint density at radius 2 is 1.93 bits per heavy atom. The Morgan fingerprint density at radius 1 is 1.29 bits per heavy atom. The zero-order chi connectivity index (χ0) is 10.8. The summed E-state index contributed by atoms with van der Waals surface area (Å²) in [6.45, 7) is 0. The predicted molar refractivity (Wildman–Crippen MR) is 51.8 cm³/mol. The van der Waals surface area contributed by atoms with Crippen LogP contribution in [0.4, 0.5) is 0 Å². The molecule has 0 unspecified atom stereocenters. The Labute approximate surface area is 90.2 Å². The second-order valence-electron chi connectivity index (χ2n) is 2.23. The average Bonchev–Trinajstić information content (AvgIpc) is 2.02. The molecule has 0 aliphatic rings. The minimum Gasteiger partial charge on any atom is -0.210 e. The smallest absolute Gasteiger partial charge is 0.210 e. The molecule has 0 atom stereocenters. The highest BCUT2D eigenvalue weighted by molar-refractivity contribution is 7.90. The molecule has 1 aromatic rings. The third-order valence-corrected chi connectivity index (χ3v) is 3.22. The van der Waals surface area contributed by atoms with E-state index in [0.29, 0.717) is 5.02 Å². The van der Waals surface area contributed by atoms with E-state index in [1.165, 1.54) is 18.2 Å². The van der Waals surface area contributed by atoms with Crippen LogP contribution < -0.4 is 0 Å². The molecule has 7 heteroatoms. The van der Waals surface area contributed by atoms with Gasteiger partial charge in [0.1, 0.15) is 4.90 Å². The summed E-state index contributed by atoms with van der Waals surface area (Å²) in [5.74, 6) is 0. The topological polar surface area (TPSA) is 63.6 Å². The average molecular weight is 252 g/mol. The van der Waals surface area contributed by atoms with E-state index in [0.717, 1.165) is 6.08 Å². The van der Waals surface area contributed by atoms with E-state index in [9.17, 15) is 13.2 Å². The molecule has 0 spiro atoms. The van der Waals surface area contributed by atoms with Crippen molar-refractivity contribution in [3.05, 3.63) is 28.2 Å². The van der Waals surface area contributed by atoms with Crippen molar-refractivity contribution in [2.45, 2.75) is 4.90 Å². The molecule has 0 saturated heterocycles. The molecule has 0 N–H and O–H groups in total. The number of hydrogen-bond acceptors (Lipinski definition) is 3. The molecule has 0 aliphatic heterocycles. The fourth-order valence-electron chi connectivity index (χ4n) is 0.783. The first-order valence-electron chi connectivity index (χ1n) is 3.26. The van der Waals surface area contributed by atoms with Crippen LogP contribution in [0.2, 0.25) is 10.0 Å². The number of carbonyl (C=O) groups excluding carboxylic acids is 1. The molecule has 0 radical (unpaired) electrons. The summed E-state index contributed by atoms with van der Waals surface area (Å²) in [4.78, 5) is 9.56. The summed E-state index contributed by atoms with van der Waals surface area (Å²) in [7, 11) is -4.05. The molecule has 0 heterocycles. The maximum atomic E-state index is 11.2. The van der Waals surface area contributed by atoms with Gasteiger partial charge in [0.15, 0.2) is 0 Å². The van der Waals surface area contributed by atoms with Crippen LogP contribution in [0.1, 0.15) is 0 Å². The van der Waals surface area contributed by atoms with Crippen molar-refractivity contribution < 1.29 is 13.2 Å². The van der Waals surface area contributed by atoms with E-state index in [1.54, 1.807) is 0 Å². The van der Waals surface area contributed by atoms with Crippen molar-refractivity contribution >= 4 is 39.3 Å². The lowest BCUT2D eigenvalue weighted by atomic mass is 10.4. The monoisotopic (exact) mass is 251 g/mol. The molecule has 0 amide bonds. The molecule has 0 saturated carbocycles. The Kier molecular flexibility index (Phi) is 3.29. The molecule has 0 bridgehead atoms. The van der Waals surface area contributed by atoms with Crippen LogP contribution >= 0.6 is 23.2 Å². The number of nitrogens with zero attached hydrogens (tertiary/aromatic N) is 1. The van der Waals surface area contributed by atoms with Crippen LogP contribution in [0, 0.1) is 0 Å². The highest BCUT2D eigenvalue weighted by atomic mass is 35.5. The van der Waals surface area contributed by atoms with Crippen molar-refractivity contribution in [1.82, 2.24) is 0 Å². The fourth-order valence-corrected chi connectivity index (χ4v) is 2.23. The lowest BCUT2D eigenvalue weighted by Crippen LogP contribution is -1.96. The molecular formula is C7H3Cl2NO3S. The van der Waals surface area contributed by atoms with Crippen LogP contribution in [0.25, 0.3) is 0 Å². The number of benzene rings is 1. The van der Waals surface area contributed by atoms with Gasteiger partial charge < -0.3 is 0 Å². The van der Waals surface area contributed by atoms with Gasteiger partial charge in [-0.15, -0.1) is 0 Å². The van der Waals surface area contributed by atoms with E-state index in [4.69, 9.17) is 23.2 Å². The zero-order valence-corrected chi connectivity index (χ0v) is 8.90. The van der Waals surface area contributed by atoms with E-state index in [2.05, 4.69) is 4.40 Å². The quantitative estimate of drug-likeness (QED) is 0.597. The fraction of sp³-hybridized carbons (Fsp3) is 0. The molecule has 14 heavy (non-hydrogen) atoms. The summed E-state index contributed by atoms with van der Waals surface area (Å²) < 4.78 is 25.1. The van der Waals surface area contributed by atoms with Crippen LogP contribution in [-0.2, 0) is 14.8 Å². The molecule has 0 fully saturated rings. The van der Waals surface area contributed by atoms with Crippen molar-refractivity contribution in [2.24, 2.45) is 4.40 Å². The van der Waals surface area contributed by atoms with Gasteiger partial charge in [0.2, 0.25) is 0 Å². The number of sulfonamides is 1. The third-order valence-electron chi connectivity index (χ3n) is 1.33. The Hall–Kier alpha value is -0.870. The molecule has 1 aromatic carbocycles.